The third-order valence-electron chi connectivity index (χ3n) is 3.85. The van der Waals surface area contributed by atoms with Crippen molar-refractivity contribution >= 4 is 23.2 Å². The number of amides is 1. The Labute approximate surface area is 129 Å². The molecule has 0 bridgehead atoms. The molecular weight excluding hydrogens is 288 g/mol. The van der Waals surface area contributed by atoms with Crippen LogP contribution in [0.4, 0.5) is 0 Å². The van der Waals surface area contributed by atoms with Crippen LogP contribution in [-0.4, -0.2) is 31.6 Å². The molecule has 0 saturated carbocycles. The average molecular weight is 310 g/mol. The molecular formula is C15H22N2O3S. The molecule has 0 radical (unpaired) electrons. The monoisotopic (exact) mass is 310 g/mol. The van der Waals surface area contributed by atoms with E-state index < -0.39 is 0 Å². The zero-order valence-corrected chi connectivity index (χ0v) is 13.2. The molecule has 0 aromatic carbocycles. The van der Waals surface area contributed by atoms with Crippen LogP contribution in [0.1, 0.15) is 37.1 Å². The lowest BCUT2D eigenvalue weighted by atomic mass is 9.92. The van der Waals surface area contributed by atoms with Gasteiger partial charge in [-0.3, -0.25) is 9.59 Å². The lowest BCUT2D eigenvalue weighted by Crippen LogP contribution is -2.51. The normalized spacial score (nSPS) is 23.3. The third kappa shape index (κ3) is 4.28. The number of nitrogens with one attached hydrogen (secondary N) is 2. The highest BCUT2D eigenvalue weighted by Gasteiger charge is 2.30. The van der Waals surface area contributed by atoms with E-state index in [9.17, 15) is 9.59 Å². The summed E-state index contributed by atoms with van der Waals surface area (Å²) in [5.74, 6) is -0.0521. The standard InChI is InChI=1S/C15H22N2O3S/c1-10-5-3-7-16-14(10)15(19)17-11(9-13(18)20-2)12-6-4-8-21-12/h4,6,8,10-11,14,16H,3,5,7,9H2,1-2H3,(H,17,19). The molecule has 1 aromatic heterocycles. The number of carbonyl (C=O) groups is 2. The zero-order chi connectivity index (χ0) is 15.2. The second kappa shape index (κ2) is 7.56. The highest BCUT2D eigenvalue weighted by Crippen LogP contribution is 2.24. The number of hydrogen-bond acceptors (Lipinski definition) is 5. The molecule has 0 aliphatic carbocycles. The van der Waals surface area contributed by atoms with E-state index in [-0.39, 0.29) is 30.4 Å². The SMILES string of the molecule is COC(=O)CC(NC(=O)C1NCCCC1C)c1cccs1. The topological polar surface area (TPSA) is 67.4 Å². The lowest BCUT2D eigenvalue weighted by molar-refractivity contribution is -0.141. The predicted molar refractivity (Wildman–Crippen MR) is 82.0 cm³/mol. The molecule has 21 heavy (non-hydrogen) atoms. The lowest BCUT2D eigenvalue weighted by Gasteiger charge is -2.30. The van der Waals surface area contributed by atoms with Crippen molar-refractivity contribution in [3.05, 3.63) is 22.4 Å². The van der Waals surface area contributed by atoms with E-state index in [0.29, 0.717) is 5.92 Å². The Bertz CT molecular complexity index is 475. The number of carbonyl (C=O) groups excluding carboxylic acids is 2. The second-order valence-electron chi connectivity index (χ2n) is 5.41. The summed E-state index contributed by atoms with van der Waals surface area (Å²) in [6.07, 6.45) is 2.30. The van der Waals surface area contributed by atoms with Gasteiger partial charge in [-0.15, -0.1) is 11.3 Å². The third-order valence-corrected chi connectivity index (χ3v) is 4.84. The van der Waals surface area contributed by atoms with Crippen LogP contribution in [0.2, 0.25) is 0 Å². The van der Waals surface area contributed by atoms with Crippen LogP contribution < -0.4 is 10.6 Å². The Hall–Kier alpha value is -1.40. The minimum absolute atomic E-state index is 0.0375. The van der Waals surface area contributed by atoms with Gasteiger partial charge in [0.2, 0.25) is 5.91 Å². The smallest absolute Gasteiger partial charge is 0.307 e. The molecule has 1 amide bonds. The van der Waals surface area contributed by atoms with Crippen molar-refractivity contribution in [3.8, 4) is 0 Å². The summed E-state index contributed by atoms with van der Waals surface area (Å²) in [4.78, 5) is 25.0. The molecule has 0 spiro atoms. The fourth-order valence-electron chi connectivity index (χ4n) is 2.62. The maximum Gasteiger partial charge on any atom is 0.307 e. The number of methoxy groups -OCH3 is 1. The van der Waals surface area contributed by atoms with Gasteiger partial charge in [-0.1, -0.05) is 13.0 Å². The van der Waals surface area contributed by atoms with Crippen molar-refractivity contribution in [3.63, 3.8) is 0 Å². The molecule has 1 aliphatic rings. The summed E-state index contributed by atoms with van der Waals surface area (Å²) in [5.41, 5.74) is 0. The molecule has 1 aromatic rings. The number of rotatable bonds is 5. The Morgan fingerprint density at radius 3 is 3.00 bits per heavy atom. The van der Waals surface area contributed by atoms with Gasteiger partial charge in [0.1, 0.15) is 0 Å². The fourth-order valence-corrected chi connectivity index (χ4v) is 3.40. The minimum atomic E-state index is -0.321. The van der Waals surface area contributed by atoms with Crippen molar-refractivity contribution in [2.75, 3.05) is 13.7 Å². The maximum atomic E-state index is 12.5. The highest BCUT2D eigenvalue weighted by molar-refractivity contribution is 7.10. The molecule has 116 valence electrons. The van der Waals surface area contributed by atoms with Crippen molar-refractivity contribution in [1.82, 2.24) is 10.6 Å². The number of hydrogen-bond donors (Lipinski definition) is 2. The van der Waals surface area contributed by atoms with Crippen molar-refractivity contribution < 1.29 is 14.3 Å². The van der Waals surface area contributed by atoms with E-state index in [0.717, 1.165) is 24.3 Å². The second-order valence-corrected chi connectivity index (χ2v) is 6.39. The van der Waals surface area contributed by atoms with E-state index in [1.807, 2.05) is 17.5 Å². The summed E-state index contributed by atoms with van der Waals surface area (Å²) in [6, 6.07) is 3.34. The number of piperidine rings is 1. The van der Waals surface area contributed by atoms with E-state index in [2.05, 4.69) is 17.6 Å². The first-order chi connectivity index (χ1) is 10.1. The first-order valence-corrected chi connectivity index (χ1v) is 8.13. The molecule has 6 heteroatoms. The van der Waals surface area contributed by atoms with E-state index in [4.69, 9.17) is 4.74 Å². The summed E-state index contributed by atoms with van der Waals surface area (Å²) in [5, 5.41) is 8.19. The van der Waals surface area contributed by atoms with Gasteiger partial charge in [-0.25, -0.2) is 0 Å². The molecule has 1 aliphatic heterocycles. The van der Waals surface area contributed by atoms with Crippen LogP contribution in [0.5, 0.6) is 0 Å². The molecule has 5 nitrogen and oxygen atoms in total. The average Bonchev–Trinajstić information content (AvgIpc) is 3.01. The quantitative estimate of drug-likeness (QED) is 0.815. The Morgan fingerprint density at radius 1 is 1.57 bits per heavy atom. The van der Waals surface area contributed by atoms with Gasteiger partial charge in [-0.05, 0) is 36.8 Å². The van der Waals surface area contributed by atoms with Gasteiger partial charge >= 0.3 is 5.97 Å². The molecule has 2 N–H and O–H groups in total. The summed E-state index contributed by atoms with van der Waals surface area (Å²) < 4.78 is 4.73. The van der Waals surface area contributed by atoms with Crippen molar-refractivity contribution in [1.29, 1.82) is 0 Å². The summed E-state index contributed by atoms with van der Waals surface area (Å²) in [7, 11) is 1.36. The van der Waals surface area contributed by atoms with Gasteiger partial charge in [0.15, 0.2) is 0 Å². The highest BCUT2D eigenvalue weighted by atomic mass is 32.1. The number of ether oxygens (including phenoxy) is 1. The number of esters is 1. The molecule has 2 heterocycles. The largest absolute Gasteiger partial charge is 0.469 e. The van der Waals surface area contributed by atoms with Crippen molar-refractivity contribution in [2.24, 2.45) is 5.92 Å². The fraction of sp³-hybridized carbons (Fsp3) is 0.600. The van der Waals surface area contributed by atoms with Crippen LogP contribution in [0, 0.1) is 5.92 Å². The summed E-state index contributed by atoms with van der Waals surface area (Å²) in [6.45, 7) is 2.94. The van der Waals surface area contributed by atoms with Gasteiger partial charge < -0.3 is 15.4 Å². The minimum Gasteiger partial charge on any atom is -0.469 e. The van der Waals surface area contributed by atoms with Gasteiger partial charge in [-0.2, -0.15) is 0 Å². The van der Waals surface area contributed by atoms with Gasteiger partial charge in [0.25, 0.3) is 0 Å². The van der Waals surface area contributed by atoms with E-state index in [1.165, 1.54) is 18.4 Å². The van der Waals surface area contributed by atoms with Crippen LogP contribution in [0.15, 0.2) is 17.5 Å². The zero-order valence-electron chi connectivity index (χ0n) is 12.4. The Morgan fingerprint density at radius 2 is 2.38 bits per heavy atom. The molecule has 1 saturated heterocycles. The maximum absolute atomic E-state index is 12.5. The first kappa shape index (κ1) is 16.0. The Balaban J connectivity index is 2.03. The predicted octanol–water partition coefficient (Wildman–Crippen LogP) is 1.86. The van der Waals surface area contributed by atoms with Gasteiger partial charge in [0.05, 0.1) is 25.6 Å². The van der Waals surface area contributed by atoms with Crippen LogP contribution >= 0.6 is 11.3 Å². The van der Waals surface area contributed by atoms with Crippen LogP contribution in [0.3, 0.4) is 0 Å². The van der Waals surface area contributed by atoms with Gasteiger partial charge in [0, 0.05) is 4.88 Å². The van der Waals surface area contributed by atoms with Crippen LogP contribution in [0.25, 0.3) is 0 Å². The van der Waals surface area contributed by atoms with Crippen LogP contribution in [-0.2, 0) is 14.3 Å². The van der Waals surface area contributed by atoms with E-state index in [1.54, 1.807) is 0 Å². The molecule has 3 unspecified atom stereocenters. The molecule has 2 rings (SSSR count). The Kier molecular flexibility index (Phi) is 5.76. The number of thiophene rings is 1. The first-order valence-electron chi connectivity index (χ1n) is 7.25. The molecule has 1 fully saturated rings. The van der Waals surface area contributed by atoms with Crippen molar-refractivity contribution in [2.45, 2.75) is 38.3 Å². The van der Waals surface area contributed by atoms with E-state index >= 15 is 0 Å². The summed E-state index contributed by atoms with van der Waals surface area (Å²) >= 11 is 1.53. The molecule has 3 atom stereocenters.